The molecule has 4 heteroatoms. The van der Waals surface area contributed by atoms with Gasteiger partial charge in [-0.2, -0.15) is 0 Å². The number of carbonyl (C=O) groups is 1. The normalized spacial score (nSPS) is 15.4. The summed E-state index contributed by atoms with van der Waals surface area (Å²) >= 11 is 0. The van der Waals surface area contributed by atoms with Gasteiger partial charge in [-0.1, -0.05) is 6.92 Å². The summed E-state index contributed by atoms with van der Waals surface area (Å²) in [6.07, 6.45) is 0.626. The topological polar surface area (TPSA) is 66.6 Å². The smallest absolute Gasteiger partial charge is 0.239 e. The molecule has 2 atom stereocenters. The van der Waals surface area contributed by atoms with E-state index in [9.17, 15) is 4.79 Å². The van der Waals surface area contributed by atoms with Crippen LogP contribution in [0.1, 0.15) is 20.3 Å². The molecule has 0 fully saturated rings. The molecule has 0 saturated carbocycles. The minimum absolute atomic E-state index is 0.0291. The summed E-state index contributed by atoms with van der Waals surface area (Å²) in [5.41, 5.74) is 5.54. The van der Waals surface area contributed by atoms with E-state index in [-0.39, 0.29) is 18.6 Å². The van der Waals surface area contributed by atoms with Crippen LogP contribution in [0.25, 0.3) is 0 Å². The van der Waals surface area contributed by atoms with Gasteiger partial charge in [0.15, 0.2) is 0 Å². The molecule has 4 nitrogen and oxygen atoms in total. The van der Waals surface area contributed by atoms with Gasteiger partial charge in [-0.25, -0.2) is 0 Å². The van der Waals surface area contributed by atoms with Crippen molar-refractivity contribution in [2.45, 2.75) is 32.4 Å². The second-order valence-electron chi connectivity index (χ2n) is 3.00. The van der Waals surface area contributed by atoms with E-state index >= 15 is 0 Å². The molecule has 0 aromatic rings. The Bertz CT molecular complexity index is 150. The van der Waals surface area contributed by atoms with Crippen molar-refractivity contribution in [3.63, 3.8) is 0 Å². The maximum Gasteiger partial charge on any atom is 0.239 e. The molecule has 0 aliphatic carbocycles. The van der Waals surface area contributed by atoms with Crippen molar-refractivity contribution >= 4 is 5.91 Å². The van der Waals surface area contributed by atoms with Crippen molar-refractivity contribution in [2.75, 3.05) is 13.7 Å². The number of carbonyl (C=O) groups excluding carboxylic acids is 1. The Hall–Kier alpha value is -0.610. The summed E-state index contributed by atoms with van der Waals surface area (Å²) in [6, 6.07) is -0.598. The Morgan fingerprint density at radius 3 is 2.50 bits per heavy atom. The third-order valence-electron chi connectivity index (χ3n) is 2.03. The van der Waals surface area contributed by atoms with Crippen molar-refractivity contribution in [2.24, 2.45) is 5.73 Å². The van der Waals surface area contributed by atoms with Crippen molar-refractivity contribution < 1.29 is 9.90 Å². The van der Waals surface area contributed by atoms with Crippen LogP contribution in [0.5, 0.6) is 0 Å². The molecule has 0 aliphatic heterocycles. The molecule has 0 aliphatic rings. The first-order valence-corrected chi connectivity index (χ1v) is 4.17. The van der Waals surface area contributed by atoms with E-state index in [1.807, 2.05) is 6.92 Å². The van der Waals surface area contributed by atoms with Crippen LogP contribution in [0.3, 0.4) is 0 Å². The van der Waals surface area contributed by atoms with E-state index in [1.54, 1.807) is 14.0 Å². The van der Waals surface area contributed by atoms with E-state index in [0.717, 1.165) is 0 Å². The first-order valence-electron chi connectivity index (χ1n) is 4.17. The Labute approximate surface area is 73.3 Å². The zero-order chi connectivity index (χ0) is 9.72. The average Bonchev–Trinajstić information content (AvgIpc) is 2.12. The fraction of sp³-hybridized carbons (Fsp3) is 0.875. The van der Waals surface area contributed by atoms with Crippen LogP contribution in [-0.4, -0.2) is 41.7 Å². The molecule has 0 aromatic carbocycles. The van der Waals surface area contributed by atoms with Gasteiger partial charge in [-0.15, -0.1) is 0 Å². The molecular weight excluding hydrogens is 156 g/mol. The Morgan fingerprint density at radius 2 is 2.17 bits per heavy atom. The maximum atomic E-state index is 11.4. The molecule has 0 rings (SSSR count). The van der Waals surface area contributed by atoms with Crippen LogP contribution in [0, 0.1) is 0 Å². The van der Waals surface area contributed by atoms with E-state index in [2.05, 4.69) is 0 Å². The first-order chi connectivity index (χ1) is 5.54. The molecule has 0 radical (unpaired) electrons. The van der Waals surface area contributed by atoms with Crippen molar-refractivity contribution in [1.82, 2.24) is 4.90 Å². The molecule has 2 unspecified atom stereocenters. The minimum atomic E-state index is -0.441. The molecule has 0 bridgehead atoms. The van der Waals surface area contributed by atoms with E-state index < -0.39 is 6.04 Å². The summed E-state index contributed by atoms with van der Waals surface area (Å²) in [6.45, 7) is 3.61. The lowest BCUT2D eigenvalue weighted by atomic mass is 10.2. The lowest BCUT2D eigenvalue weighted by Crippen LogP contribution is -2.46. The summed E-state index contributed by atoms with van der Waals surface area (Å²) < 4.78 is 0. The van der Waals surface area contributed by atoms with Crippen LogP contribution in [-0.2, 0) is 4.79 Å². The minimum Gasteiger partial charge on any atom is -0.394 e. The SMILES string of the molecule is CCC(N)C(=O)N(C)C(C)CO. The summed E-state index contributed by atoms with van der Waals surface area (Å²) in [5.74, 6) is -0.112. The Kier molecular flexibility index (Phi) is 4.85. The molecule has 1 amide bonds. The Balaban J connectivity index is 4.09. The van der Waals surface area contributed by atoms with E-state index in [4.69, 9.17) is 10.8 Å². The zero-order valence-corrected chi connectivity index (χ0v) is 7.95. The molecule has 0 spiro atoms. The number of nitrogens with two attached hydrogens (primary N) is 1. The molecule has 0 saturated heterocycles. The van der Waals surface area contributed by atoms with Crippen LogP contribution in [0.2, 0.25) is 0 Å². The van der Waals surface area contributed by atoms with Gasteiger partial charge in [-0.05, 0) is 13.3 Å². The molecule has 3 N–H and O–H groups in total. The fourth-order valence-corrected chi connectivity index (χ4v) is 0.776. The monoisotopic (exact) mass is 174 g/mol. The average molecular weight is 174 g/mol. The number of aliphatic hydroxyl groups is 1. The predicted molar refractivity (Wildman–Crippen MR) is 47.6 cm³/mol. The molecule has 0 heterocycles. The number of likely N-dealkylation sites (N-methyl/N-ethyl adjacent to an activating group) is 1. The third kappa shape index (κ3) is 2.79. The van der Waals surface area contributed by atoms with Crippen molar-refractivity contribution in [3.8, 4) is 0 Å². The Morgan fingerprint density at radius 1 is 1.67 bits per heavy atom. The largest absolute Gasteiger partial charge is 0.394 e. The highest BCUT2D eigenvalue weighted by atomic mass is 16.3. The summed E-state index contributed by atoms with van der Waals surface area (Å²) in [5, 5.41) is 8.77. The molecule has 12 heavy (non-hydrogen) atoms. The van der Waals surface area contributed by atoms with Gasteiger partial charge >= 0.3 is 0 Å². The van der Waals surface area contributed by atoms with Gasteiger partial charge < -0.3 is 15.7 Å². The highest BCUT2D eigenvalue weighted by Crippen LogP contribution is 1.99. The predicted octanol–water partition coefficient (Wildman–Crippen LogP) is -0.437. The van der Waals surface area contributed by atoms with Crippen LogP contribution < -0.4 is 5.73 Å². The summed E-state index contributed by atoms with van der Waals surface area (Å²) in [4.78, 5) is 12.8. The van der Waals surface area contributed by atoms with Gasteiger partial charge in [0.2, 0.25) is 5.91 Å². The lowest BCUT2D eigenvalue weighted by molar-refractivity contribution is -0.133. The van der Waals surface area contributed by atoms with Crippen LogP contribution in [0.15, 0.2) is 0 Å². The number of amides is 1. The number of hydrogen-bond acceptors (Lipinski definition) is 3. The highest BCUT2D eigenvalue weighted by Gasteiger charge is 2.19. The lowest BCUT2D eigenvalue weighted by Gasteiger charge is -2.25. The van der Waals surface area contributed by atoms with Gasteiger partial charge in [0.25, 0.3) is 0 Å². The number of nitrogens with zero attached hydrogens (tertiary/aromatic N) is 1. The maximum absolute atomic E-state index is 11.4. The third-order valence-corrected chi connectivity index (χ3v) is 2.03. The second kappa shape index (κ2) is 5.11. The zero-order valence-electron chi connectivity index (χ0n) is 7.95. The van der Waals surface area contributed by atoms with Gasteiger partial charge in [0.05, 0.1) is 18.7 Å². The second-order valence-corrected chi connectivity index (χ2v) is 3.00. The fourth-order valence-electron chi connectivity index (χ4n) is 0.776. The first kappa shape index (κ1) is 11.4. The number of aliphatic hydroxyl groups excluding tert-OH is 1. The van der Waals surface area contributed by atoms with E-state index in [1.165, 1.54) is 4.90 Å². The highest BCUT2D eigenvalue weighted by molar-refractivity contribution is 5.81. The van der Waals surface area contributed by atoms with Crippen molar-refractivity contribution in [1.29, 1.82) is 0 Å². The quantitative estimate of drug-likeness (QED) is 0.607. The summed E-state index contributed by atoms with van der Waals surface area (Å²) in [7, 11) is 1.65. The standard InChI is InChI=1S/C8H18N2O2/c1-4-7(9)8(12)10(3)6(2)5-11/h6-7,11H,4-5,9H2,1-3H3. The molecule has 72 valence electrons. The van der Waals surface area contributed by atoms with Crippen LogP contribution >= 0.6 is 0 Å². The van der Waals surface area contributed by atoms with Gasteiger partial charge in [0, 0.05) is 7.05 Å². The number of rotatable bonds is 4. The molecule has 0 aromatic heterocycles. The van der Waals surface area contributed by atoms with Gasteiger partial charge in [-0.3, -0.25) is 4.79 Å². The van der Waals surface area contributed by atoms with E-state index in [0.29, 0.717) is 6.42 Å². The molecular formula is C8H18N2O2. The van der Waals surface area contributed by atoms with Crippen molar-refractivity contribution in [3.05, 3.63) is 0 Å². The van der Waals surface area contributed by atoms with Crippen LogP contribution in [0.4, 0.5) is 0 Å². The van der Waals surface area contributed by atoms with Gasteiger partial charge in [0.1, 0.15) is 0 Å². The number of hydrogen-bond donors (Lipinski definition) is 2.